The van der Waals surface area contributed by atoms with E-state index in [1.54, 1.807) is 17.0 Å². The minimum Gasteiger partial charge on any atom is -0.490 e. The molecule has 3 heterocycles. The van der Waals surface area contributed by atoms with Crippen molar-refractivity contribution in [3.63, 3.8) is 0 Å². The molecule has 1 aromatic carbocycles. The predicted octanol–water partition coefficient (Wildman–Crippen LogP) is 4.92. The van der Waals surface area contributed by atoms with Crippen LogP contribution in [0.4, 0.5) is 17.6 Å². The van der Waals surface area contributed by atoms with Gasteiger partial charge in [0.05, 0.1) is 17.8 Å². The molecule has 196 valence electrons. The molecule has 3 aliphatic rings. The van der Waals surface area contributed by atoms with Crippen LogP contribution in [0.15, 0.2) is 30.3 Å². The van der Waals surface area contributed by atoms with Crippen molar-refractivity contribution in [2.24, 2.45) is 5.92 Å². The summed E-state index contributed by atoms with van der Waals surface area (Å²) in [4.78, 5) is 26.8. The van der Waals surface area contributed by atoms with Crippen LogP contribution in [0.1, 0.15) is 67.5 Å². The van der Waals surface area contributed by atoms with Crippen molar-refractivity contribution >= 4 is 11.7 Å². The zero-order valence-corrected chi connectivity index (χ0v) is 20.3. The molecule has 1 N–H and O–H groups in total. The topological polar surface area (TPSA) is 63.6 Å². The first kappa shape index (κ1) is 24.8. The summed E-state index contributed by atoms with van der Waals surface area (Å²) in [6, 6.07) is 7.04. The Morgan fingerprint density at radius 2 is 1.83 bits per heavy atom. The first-order valence-electron chi connectivity index (χ1n) is 12.2. The lowest BCUT2D eigenvalue weighted by Gasteiger charge is -2.51. The number of nitrogens with one attached hydrogen (secondary N) is 1. The van der Waals surface area contributed by atoms with Crippen molar-refractivity contribution in [3.05, 3.63) is 53.1 Å². The number of benzene rings is 1. The minimum atomic E-state index is -4.96. The SMILES string of the molecule is CC1(C)Cn2c(C(=O)C(F)(F)F)ccc2C2(CCN(C(=O)c3ccc(OCC4CC4)c(F)c3)CC2)N1.[HH]. The van der Waals surface area contributed by atoms with Gasteiger partial charge in [-0.15, -0.1) is 0 Å². The highest BCUT2D eigenvalue weighted by atomic mass is 19.4. The van der Waals surface area contributed by atoms with Gasteiger partial charge in [0.2, 0.25) is 0 Å². The van der Waals surface area contributed by atoms with E-state index in [0.29, 0.717) is 44.1 Å². The Morgan fingerprint density at radius 1 is 1.14 bits per heavy atom. The molecule has 1 spiro atoms. The van der Waals surface area contributed by atoms with Crippen LogP contribution in [-0.2, 0) is 12.1 Å². The number of likely N-dealkylation sites (tertiary alicyclic amines) is 1. The number of fused-ring (bicyclic) bond motifs is 2. The minimum absolute atomic E-state index is 0. The van der Waals surface area contributed by atoms with Gasteiger partial charge in [-0.1, -0.05) is 0 Å². The first-order valence-corrected chi connectivity index (χ1v) is 12.2. The van der Waals surface area contributed by atoms with Crippen LogP contribution in [0.3, 0.4) is 0 Å². The van der Waals surface area contributed by atoms with E-state index in [4.69, 9.17) is 4.74 Å². The molecule has 6 nitrogen and oxygen atoms in total. The van der Waals surface area contributed by atoms with Crippen LogP contribution in [-0.4, -0.2) is 52.6 Å². The van der Waals surface area contributed by atoms with Crippen LogP contribution in [0.5, 0.6) is 5.75 Å². The smallest absolute Gasteiger partial charge is 0.456 e. The molecule has 2 aliphatic heterocycles. The summed E-state index contributed by atoms with van der Waals surface area (Å²) >= 11 is 0. The summed E-state index contributed by atoms with van der Waals surface area (Å²) in [5, 5.41) is 3.57. The largest absolute Gasteiger partial charge is 0.490 e. The summed E-state index contributed by atoms with van der Waals surface area (Å²) in [5.74, 6) is -2.13. The number of aromatic nitrogens is 1. The van der Waals surface area contributed by atoms with E-state index >= 15 is 0 Å². The number of nitrogens with zero attached hydrogens (tertiary/aromatic N) is 2. The third-order valence-corrected chi connectivity index (χ3v) is 7.35. The number of alkyl halides is 3. The van der Waals surface area contributed by atoms with Gasteiger partial charge < -0.3 is 14.2 Å². The molecule has 1 saturated carbocycles. The number of halogens is 4. The van der Waals surface area contributed by atoms with Gasteiger partial charge in [0.1, 0.15) is 0 Å². The molecule has 1 aliphatic carbocycles. The summed E-state index contributed by atoms with van der Waals surface area (Å²) in [5.41, 5.74) is -0.790. The molecular formula is C26H31F4N3O3. The second kappa shape index (κ2) is 8.61. The normalized spacial score (nSPS) is 20.8. The number of amides is 1. The fourth-order valence-corrected chi connectivity index (χ4v) is 5.44. The lowest BCUT2D eigenvalue weighted by atomic mass is 9.79. The second-order valence-electron chi connectivity index (χ2n) is 10.8. The quantitative estimate of drug-likeness (QED) is 0.459. The highest BCUT2D eigenvalue weighted by Crippen LogP contribution is 2.41. The van der Waals surface area contributed by atoms with Crippen molar-refractivity contribution in [2.75, 3.05) is 19.7 Å². The van der Waals surface area contributed by atoms with Crippen molar-refractivity contribution in [2.45, 2.75) is 63.3 Å². The molecule has 5 rings (SSSR count). The van der Waals surface area contributed by atoms with Crippen LogP contribution in [0.2, 0.25) is 0 Å². The number of hydrogen-bond acceptors (Lipinski definition) is 4. The number of Topliss-reactive ketones (excluding diaryl/α,β-unsaturated/α-hetero) is 1. The number of carbonyl (C=O) groups is 2. The van der Waals surface area contributed by atoms with Gasteiger partial charge in [0.15, 0.2) is 11.6 Å². The maximum atomic E-state index is 14.5. The Morgan fingerprint density at radius 3 is 2.44 bits per heavy atom. The lowest BCUT2D eigenvalue weighted by Crippen LogP contribution is -2.63. The van der Waals surface area contributed by atoms with Gasteiger partial charge in [-0.05, 0) is 75.8 Å². The number of piperidine rings is 1. The molecule has 1 aromatic heterocycles. The van der Waals surface area contributed by atoms with Gasteiger partial charge in [-0.3, -0.25) is 14.9 Å². The Bertz CT molecular complexity index is 1200. The van der Waals surface area contributed by atoms with E-state index < -0.39 is 28.9 Å². The Labute approximate surface area is 208 Å². The van der Waals surface area contributed by atoms with Gasteiger partial charge in [0.25, 0.3) is 11.7 Å². The lowest BCUT2D eigenvalue weighted by molar-refractivity contribution is -0.0892. The zero-order valence-electron chi connectivity index (χ0n) is 20.3. The molecule has 2 fully saturated rings. The van der Waals surface area contributed by atoms with Crippen LogP contribution in [0.25, 0.3) is 0 Å². The van der Waals surface area contributed by atoms with Gasteiger partial charge >= 0.3 is 6.18 Å². The van der Waals surface area contributed by atoms with Crippen LogP contribution in [0, 0.1) is 11.7 Å². The predicted molar refractivity (Wildman–Crippen MR) is 126 cm³/mol. The molecule has 0 bridgehead atoms. The molecule has 0 radical (unpaired) electrons. The second-order valence-corrected chi connectivity index (χ2v) is 10.8. The summed E-state index contributed by atoms with van der Waals surface area (Å²) in [7, 11) is 0. The summed E-state index contributed by atoms with van der Waals surface area (Å²) in [6.45, 7) is 5.11. The number of carbonyl (C=O) groups excluding carboxylic acids is 2. The van der Waals surface area contributed by atoms with Crippen LogP contribution >= 0.6 is 0 Å². The highest BCUT2D eigenvalue weighted by molar-refractivity contribution is 5.99. The standard InChI is InChI=1S/C26H29F4N3O3.H2/c1-24(2)15-33-19(22(34)26(28,29)30)6-8-21(33)25(31-24)9-11-32(12-10-25)23(35)17-5-7-20(18(27)13-17)36-14-16-3-4-16;/h5-8,13,16,31H,3-4,9-12,14-15H2,1-2H3;1H. The monoisotopic (exact) mass is 509 g/mol. The van der Waals surface area contributed by atoms with Gasteiger partial charge in [0, 0.05) is 37.9 Å². The Hall–Kier alpha value is -2.88. The molecule has 36 heavy (non-hydrogen) atoms. The van der Waals surface area contributed by atoms with E-state index in [2.05, 4.69) is 5.32 Å². The van der Waals surface area contributed by atoms with E-state index in [1.165, 1.54) is 22.8 Å². The third kappa shape index (κ3) is 4.63. The van der Waals surface area contributed by atoms with Gasteiger partial charge in [-0.2, -0.15) is 13.2 Å². The molecule has 1 saturated heterocycles. The summed E-state index contributed by atoms with van der Waals surface area (Å²) in [6.07, 6.45) is -1.90. The number of ether oxygens (including phenoxy) is 1. The highest BCUT2D eigenvalue weighted by Gasteiger charge is 2.49. The number of rotatable bonds is 5. The Balaban J connectivity index is 0.00000320. The van der Waals surface area contributed by atoms with Crippen LogP contribution < -0.4 is 10.1 Å². The fraction of sp³-hybridized carbons (Fsp3) is 0.538. The maximum Gasteiger partial charge on any atom is 0.456 e. The maximum absolute atomic E-state index is 14.5. The Kier molecular flexibility index (Phi) is 5.93. The van der Waals surface area contributed by atoms with E-state index in [9.17, 15) is 27.2 Å². The molecule has 0 unspecified atom stereocenters. The van der Waals surface area contributed by atoms with E-state index in [-0.39, 0.29) is 30.9 Å². The number of hydrogen-bond donors (Lipinski definition) is 1. The number of ketones is 1. The van der Waals surface area contributed by atoms with E-state index in [0.717, 1.165) is 12.8 Å². The average Bonchev–Trinajstić information content (AvgIpc) is 3.54. The van der Waals surface area contributed by atoms with Gasteiger partial charge in [-0.25, -0.2) is 4.39 Å². The van der Waals surface area contributed by atoms with Crippen molar-refractivity contribution in [1.29, 1.82) is 0 Å². The molecule has 10 heteroatoms. The molecule has 0 atom stereocenters. The summed E-state index contributed by atoms with van der Waals surface area (Å²) < 4.78 is 61.1. The molecular weight excluding hydrogens is 478 g/mol. The third-order valence-electron chi connectivity index (χ3n) is 7.35. The van der Waals surface area contributed by atoms with Crippen molar-refractivity contribution in [3.8, 4) is 5.75 Å². The molecule has 1 amide bonds. The average molecular weight is 510 g/mol. The van der Waals surface area contributed by atoms with Crippen molar-refractivity contribution in [1.82, 2.24) is 14.8 Å². The molecule has 2 aromatic rings. The van der Waals surface area contributed by atoms with E-state index in [1.807, 2.05) is 13.8 Å². The first-order chi connectivity index (χ1) is 16.9. The fourth-order valence-electron chi connectivity index (χ4n) is 5.44. The zero-order chi connectivity index (χ0) is 25.9. The van der Waals surface area contributed by atoms with Crippen molar-refractivity contribution < 1.29 is 33.3 Å².